The average molecular weight is 548 g/mol. The number of nitrogens with one attached hydrogen (secondary N) is 1. The number of aliphatic imine (C=N–C) groups is 1. The van der Waals surface area contributed by atoms with Gasteiger partial charge in [0, 0.05) is 18.7 Å². The van der Waals surface area contributed by atoms with Gasteiger partial charge >= 0.3 is 0 Å². The van der Waals surface area contributed by atoms with Crippen LogP contribution >= 0.6 is 11.8 Å². The minimum absolute atomic E-state index is 0.0818. The van der Waals surface area contributed by atoms with Crippen LogP contribution in [0.3, 0.4) is 0 Å². The maximum absolute atomic E-state index is 13.3. The first-order chi connectivity index (χ1) is 19.0. The molecular formula is C30H33N3O5S. The predicted molar refractivity (Wildman–Crippen MR) is 155 cm³/mol. The lowest BCUT2D eigenvalue weighted by atomic mass is 10.1. The molecule has 1 atom stereocenters. The minimum atomic E-state index is -0.609. The Morgan fingerprint density at radius 3 is 2.18 bits per heavy atom. The van der Waals surface area contributed by atoms with Crippen molar-refractivity contribution < 1.29 is 23.8 Å². The fourth-order valence-electron chi connectivity index (χ4n) is 3.94. The molecule has 2 amide bonds. The number of hydrogen-bond acceptors (Lipinski definition) is 7. The Kier molecular flexibility index (Phi) is 9.85. The zero-order valence-corrected chi connectivity index (χ0v) is 23.2. The van der Waals surface area contributed by atoms with Gasteiger partial charge in [0.05, 0.1) is 26.5 Å². The van der Waals surface area contributed by atoms with Crippen LogP contribution in [0.25, 0.3) is 0 Å². The molecule has 204 valence electrons. The van der Waals surface area contributed by atoms with Crippen LogP contribution in [0.5, 0.6) is 17.2 Å². The second kappa shape index (κ2) is 13.7. The summed E-state index contributed by atoms with van der Waals surface area (Å²) in [6, 6.07) is 22.3. The van der Waals surface area contributed by atoms with E-state index in [2.05, 4.69) is 5.32 Å². The first-order valence-corrected chi connectivity index (χ1v) is 13.7. The highest BCUT2D eigenvalue weighted by Gasteiger charge is 2.35. The van der Waals surface area contributed by atoms with Gasteiger partial charge < -0.3 is 19.5 Å². The van der Waals surface area contributed by atoms with E-state index in [1.54, 1.807) is 31.3 Å². The van der Waals surface area contributed by atoms with Crippen molar-refractivity contribution in [2.24, 2.45) is 4.99 Å². The number of rotatable bonds is 11. The van der Waals surface area contributed by atoms with Crippen LogP contribution in [0.4, 0.5) is 11.4 Å². The lowest BCUT2D eigenvalue weighted by Gasteiger charge is -2.32. The number of hydrogen-bond donors (Lipinski definition) is 1. The van der Waals surface area contributed by atoms with E-state index in [-0.39, 0.29) is 18.2 Å². The number of methoxy groups -OCH3 is 2. The predicted octanol–water partition coefficient (Wildman–Crippen LogP) is 5.70. The molecule has 1 aliphatic heterocycles. The molecule has 9 heteroatoms. The highest BCUT2D eigenvalue weighted by molar-refractivity contribution is 8.15. The maximum Gasteiger partial charge on any atom is 0.238 e. The number of anilines is 1. The van der Waals surface area contributed by atoms with E-state index in [1.807, 2.05) is 67.6 Å². The monoisotopic (exact) mass is 547 g/mol. The molecular weight excluding hydrogens is 514 g/mol. The largest absolute Gasteiger partial charge is 0.497 e. The van der Waals surface area contributed by atoms with Crippen molar-refractivity contribution >= 4 is 40.1 Å². The Morgan fingerprint density at radius 2 is 1.56 bits per heavy atom. The number of carbonyl (C=O) groups excluding carboxylic acids is 2. The SMILES string of the molecule is CCCOc1ccc(NC(=O)C2CC(=O)N(CCc3ccc(OC)cc3)C(=Nc3ccc(OC)cc3)S2)cc1. The van der Waals surface area contributed by atoms with Crippen molar-refractivity contribution in [1.82, 2.24) is 4.90 Å². The van der Waals surface area contributed by atoms with Crippen molar-refractivity contribution in [2.75, 3.05) is 32.7 Å². The molecule has 3 aromatic carbocycles. The standard InChI is InChI=1S/C30H33N3O5S/c1-4-19-38-26-15-9-22(10-16-26)31-29(35)27-20-28(34)33(18-17-21-5-11-24(36-2)12-6-21)30(39-27)32-23-7-13-25(37-3)14-8-23/h5-16,27H,4,17-20H2,1-3H3,(H,31,35). The Morgan fingerprint density at radius 1 is 0.949 bits per heavy atom. The fraction of sp³-hybridized carbons (Fsp3) is 0.300. The Labute approximate surface area is 233 Å². The molecule has 0 aliphatic carbocycles. The molecule has 1 fully saturated rings. The van der Waals surface area contributed by atoms with Gasteiger partial charge in [0.25, 0.3) is 0 Å². The van der Waals surface area contributed by atoms with Crippen molar-refractivity contribution in [2.45, 2.75) is 31.4 Å². The third-order valence-electron chi connectivity index (χ3n) is 6.11. The van der Waals surface area contributed by atoms with E-state index >= 15 is 0 Å². The second-order valence-electron chi connectivity index (χ2n) is 8.91. The molecule has 0 saturated carbocycles. The molecule has 8 nitrogen and oxygen atoms in total. The Balaban J connectivity index is 1.49. The quantitative estimate of drug-likeness (QED) is 0.332. The van der Waals surface area contributed by atoms with Crippen molar-refractivity contribution in [3.8, 4) is 17.2 Å². The van der Waals surface area contributed by atoms with E-state index < -0.39 is 5.25 Å². The molecule has 0 radical (unpaired) electrons. The molecule has 0 aromatic heterocycles. The molecule has 4 rings (SSSR count). The lowest BCUT2D eigenvalue weighted by molar-refractivity contribution is -0.129. The van der Waals surface area contributed by atoms with Crippen LogP contribution in [0.1, 0.15) is 25.3 Å². The van der Waals surface area contributed by atoms with E-state index in [0.29, 0.717) is 41.9 Å². The molecule has 3 aromatic rings. The molecule has 1 unspecified atom stereocenters. The summed E-state index contributed by atoms with van der Waals surface area (Å²) in [5.41, 5.74) is 2.39. The number of carbonyl (C=O) groups is 2. The summed E-state index contributed by atoms with van der Waals surface area (Å²) in [5.74, 6) is 1.86. The molecule has 39 heavy (non-hydrogen) atoms. The van der Waals surface area contributed by atoms with Crippen LogP contribution in [0.15, 0.2) is 77.8 Å². The normalized spacial score (nSPS) is 16.2. The zero-order chi connectivity index (χ0) is 27.6. The van der Waals surface area contributed by atoms with Crippen molar-refractivity contribution in [3.05, 3.63) is 78.4 Å². The number of ether oxygens (including phenoxy) is 3. The van der Waals surface area contributed by atoms with Gasteiger partial charge in [0.1, 0.15) is 22.5 Å². The van der Waals surface area contributed by atoms with Gasteiger partial charge in [-0.2, -0.15) is 0 Å². The average Bonchev–Trinajstić information content (AvgIpc) is 2.97. The molecule has 0 spiro atoms. The van der Waals surface area contributed by atoms with Crippen LogP contribution in [-0.4, -0.2) is 54.5 Å². The molecule has 1 aliphatic rings. The molecule has 1 saturated heterocycles. The minimum Gasteiger partial charge on any atom is -0.497 e. The van der Waals surface area contributed by atoms with E-state index in [0.717, 1.165) is 23.5 Å². The third kappa shape index (κ3) is 7.77. The van der Waals surface area contributed by atoms with Gasteiger partial charge in [-0.05, 0) is 79.1 Å². The highest BCUT2D eigenvalue weighted by atomic mass is 32.2. The third-order valence-corrected chi connectivity index (χ3v) is 7.29. The molecule has 0 bridgehead atoms. The van der Waals surface area contributed by atoms with E-state index in [9.17, 15) is 9.59 Å². The molecule has 1 N–H and O–H groups in total. The van der Waals surface area contributed by atoms with Gasteiger partial charge in [-0.15, -0.1) is 0 Å². The van der Waals surface area contributed by atoms with Crippen molar-refractivity contribution in [1.29, 1.82) is 0 Å². The molecule has 1 heterocycles. The van der Waals surface area contributed by atoms with Gasteiger partial charge in [-0.25, -0.2) is 4.99 Å². The summed E-state index contributed by atoms with van der Waals surface area (Å²) >= 11 is 1.30. The van der Waals surface area contributed by atoms with E-state index in [4.69, 9.17) is 19.2 Å². The van der Waals surface area contributed by atoms with Gasteiger partial charge in [0.15, 0.2) is 5.17 Å². The first-order valence-electron chi connectivity index (χ1n) is 12.9. The van der Waals surface area contributed by atoms with Crippen LogP contribution in [0.2, 0.25) is 0 Å². The van der Waals surface area contributed by atoms with E-state index in [1.165, 1.54) is 11.8 Å². The fourth-order valence-corrected chi connectivity index (χ4v) is 5.06. The Hall–Kier alpha value is -3.98. The summed E-state index contributed by atoms with van der Waals surface area (Å²) in [6.07, 6.45) is 1.64. The zero-order valence-electron chi connectivity index (χ0n) is 22.4. The lowest BCUT2D eigenvalue weighted by Crippen LogP contribution is -2.46. The van der Waals surface area contributed by atoms with Gasteiger partial charge in [-0.1, -0.05) is 30.8 Å². The highest BCUT2D eigenvalue weighted by Crippen LogP contribution is 2.31. The van der Waals surface area contributed by atoms with Gasteiger partial charge in [0.2, 0.25) is 11.8 Å². The summed E-state index contributed by atoms with van der Waals surface area (Å²) in [5, 5.41) is 2.81. The van der Waals surface area contributed by atoms with Gasteiger partial charge in [-0.3, -0.25) is 14.5 Å². The second-order valence-corrected chi connectivity index (χ2v) is 10.1. The summed E-state index contributed by atoms with van der Waals surface area (Å²) in [4.78, 5) is 32.9. The number of amides is 2. The Bertz CT molecular complexity index is 1280. The van der Waals surface area contributed by atoms with Crippen LogP contribution in [0, 0.1) is 0 Å². The number of benzene rings is 3. The number of thioether (sulfide) groups is 1. The number of amidine groups is 1. The van der Waals surface area contributed by atoms with Crippen molar-refractivity contribution in [3.63, 3.8) is 0 Å². The maximum atomic E-state index is 13.3. The van der Waals surface area contributed by atoms with Crippen LogP contribution < -0.4 is 19.5 Å². The smallest absolute Gasteiger partial charge is 0.238 e. The summed E-state index contributed by atoms with van der Waals surface area (Å²) in [6.45, 7) is 3.13. The summed E-state index contributed by atoms with van der Waals surface area (Å²) < 4.78 is 16.1. The first kappa shape index (κ1) is 28.0. The number of nitrogens with zero attached hydrogens (tertiary/aromatic N) is 2. The topological polar surface area (TPSA) is 89.5 Å². The summed E-state index contributed by atoms with van der Waals surface area (Å²) in [7, 11) is 3.23. The van der Waals surface area contributed by atoms with Crippen LogP contribution in [-0.2, 0) is 16.0 Å².